The van der Waals surface area contributed by atoms with Crippen molar-refractivity contribution in [3.8, 4) is 17.2 Å². The van der Waals surface area contributed by atoms with Crippen molar-refractivity contribution in [2.45, 2.75) is 38.1 Å². The zero-order chi connectivity index (χ0) is 35.6. The predicted octanol–water partition coefficient (Wildman–Crippen LogP) is 6.24. The lowest BCUT2D eigenvalue weighted by molar-refractivity contribution is -0.121. The summed E-state index contributed by atoms with van der Waals surface area (Å²) >= 11 is 0. The Morgan fingerprint density at radius 3 is 2.51 bits per heavy atom. The Morgan fingerprint density at radius 1 is 0.902 bits per heavy atom. The van der Waals surface area contributed by atoms with Crippen LogP contribution >= 0.6 is 0 Å². The van der Waals surface area contributed by atoms with Gasteiger partial charge in [-0.2, -0.15) is 0 Å². The molecule has 2 heterocycles. The first-order valence-corrected chi connectivity index (χ1v) is 16.9. The minimum atomic E-state index is -0.622. The molecule has 0 saturated carbocycles. The first kappa shape index (κ1) is 35.6. The van der Waals surface area contributed by atoms with Gasteiger partial charge in [0.2, 0.25) is 0 Å². The number of hydrogen-bond acceptors (Lipinski definition) is 8. The monoisotopic (exact) mass is 702 g/mol. The lowest BCUT2D eigenvalue weighted by Gasteiger charge is -2.38. The summed E-state index contributed by atoms with van der Waals surface area (Å²) in [6, 6.07) is 25.8. The van der Waals surface area contributed by atoms with E-state index in [0.29, 0.717) is 49.7 Å². The molecule has 268 valence electrons. The number of carbonyl (C=O) groups excluding carboxylic acids is 2. The number of β-amino-alcohol motifs (C(OH)–C–C–N with tert-alkyl or cyclic N) is 1. The normalized spacial score (nSPS) is 17.0. The third-order valence-corrected chi connectivity index (χ3v) is 8.79. The van der Waals surface area contributed by atoms with Crippen LogP contribution in [0, 0.1) is 11.6 Å². The smallest absolute Gasteiger partial charge is 0.410 e. The number of aliphatic hydroxyl groups excluding tert-OH is 1. The van der Waals surface area contributed by atoms with E-state index in [4.69, 9.17) is 23.7 Å². The third kappa shape index (κ3) is 9.33. The van der Waals surface area contributed by atoms with E-state index in [9.17, 15) is 23.5 Å². The van der Waals surface area contributed by atoms with Gasteiger partial charge in [-0.25, -0.2) is 13.6 Å². The minimum Gasteiger partial charge on any atom is -0.493 e. The minimum absolute atomic E-state index is 0.0415. The molecule has 10 nitrogen and oxygen atoms in total. The predicted molar refractivity (Wildman–Crippen MR) is 184 cm³/mol. The molecule has 0 aromatic heterocycles. The second kappa shape index (κ2) is 17.1. The van der Waals surface area contributed by atoms with Crippen molar-refractivity contribution in [1.29, 1.82) is 0 Å². The molecule has 2 atom stereocenters. The third-order valence-electron chi connectivity index (χ3n) is 8.79. The summed E-state index contributed by atoms with van der Waals surface area (Å²) in [6.07, 6.45) is 0.309. The Morgan fingerprint density at radius 2 is 1.71 bits per heavy atom. The maximum Gasteiger partial charge on any atom is 0.410 e. The molecule has 1 N–H and O–H groups in total. The highest BCUT2D eigenvalue weighted by Crippen LogP contribution is 2.35. The van der Waals surface area contributed by atoms with E-state index in [-0.39, 0.29) is 63.3 Å². The molecule has 0 bridgehead atoms. The van der Waals surface area contributed by atoms with Crippen LogP contribution in [0.3, 0.4) is 0 Å². The average Bonchev–Trinajstić information content (AvgIpc) is 3.16. The van der Waals surface area contributed by atoms with Crippen molar-refractivity contribution in [2.75, 3.05) is 51.0 Å². The summed E-state index contributed by atoms with van der Waals surface area (Å²) in [7, 11) is 0. The van der Waals surface area contributed by atoms with Gasteiger partial charge in [-0.05, 0) is 59.5 Å². The zero-order valence-corrected chi connectivity index (χ0v) is 28.0. The Kier molecular flexibility index (Phi) is 12.0. The molecule has 2 aliphatic rings. The summed E-state index contributed by atoms with van der Waals surface area (Å²) in [6.45, 7) is 1.55. The van der Waals surface area contributed by atoms with Crippen LogP contribution in [0.5, 0.6) is 17.2 Å². The number of ether oxygens (including phenoxy) is 5. The summed E-state index contributed by atoms with van der Waals surface area (Å²) in [5.74, 6) is -0.388. The van der Waals surface area contributed by atoms with E-state index in [1.54, 1.807) is 11.0 Å². The van der Waals surface area contributed by atoms with E-state index >= 15 is 0 Å². The number of amides is 2. The highest BCUT2D eigenvalue weighted by Gasteiger charge is 2.34. The summed E-state index contributed by atoms with van der Waals surface area (Å²) < 4.78 is 56.1. The molecule has 6 rings (SSSR count). The van der Waals surface area contributed by atoms with E-state index in [2.05, 4.69) is 0 Å². The summed E-state index contributed by atoms with van der Waals surface area (Å²) in [4.78, 5) is 28.8. The number of anilines is 1. The van der Waals surface area contributed by atoms with Crippen LogP contribution in [0.4, 0.5) is 19.3 Å². The lowest BCUT2D eigenvalue weighted by atomic mass is 9.87. The number of aliphatic hydroxyl groups is 1. The van der Waals surface area contributed by atoms with Gasteiger partial charge in [0.15, 0.2) is 18.2 Å². The maximum absolute atomic E-state index is 13.8. The lowest BCUT2D eigenvalue weighted by Crippen LogP contribution is -2.47. The average molecular weight is 703 g/mol. The molecule has 51 heavy (non-hydrogen) atoms. The number of benzene rings is 4. The van der Waals surface area contributed by atoms with Crippen LogP contribution < -0.4 is 19.1 Å². The van der Waals surface area contributed by atoms with E-state index < -0.39 is 17.7 Å². The molecule has 0 aliphatic carbocycles. The highest BCUT2D eigenvalue weighted by atomic mass is 19.1. The van der Waals surface area contributed by atoms with Crippen molar-refractivity contribution < 1.29 is 47.2 Å². The summed E-state index contributed by atoms with van der Waals surface area (Å²) in [5.41, 5.74) is 3.31. The second-order valence-corrected chi connectivity index (χ2v) is 12.3. The number of halogens is 2. The van der Waals surface area contributed by atoms with Gasteiger partial charge in [0.1, 0.15) is 23.9 Å². The molecule has 4 aromatic carbocycles. The molecular weight excluding hydrogens is 662 g/mol. The quantitative estimate of drug-likeness (QED) is 0.154. The molecule has 0 radical (unpaired) electrons. The van der Waals surface area contributed by atoms with Crippen LogP contribution in [0.1, 0.15) is 35.4 Å². The van der Waals surface area contributed by atoms with E-state index in [1.165, 1.54) is 4.90 Å². The first-order valence-electron chi connectivity index (χ1n) is 16.9. The van der Waals surface area contributed by atoms with Gasteiger partial charge in [0, 0.05) is 31.5 Å². The fourth-order valence-corrected chi connectivity index (χ4v) is 6.16. The molecule has 1 saturated heterocycles. The van der Waals surface area contributed by atoms with Gasteiger partial charge in [-0.15, -0.1) is 0 Å². The zero-order valence-electron chi connectivity index (χ0n) is 28.0. The van der Waals surface area contributed by atoms with Crippen LogP contribution in [0.15, 0.2) is 91.0 Å². The van der Waals surface area contributed by atoms with Crippen LogP contribution in [-0.2, 0) is 27.5 Å². The van der Waals surface area contributed by atoms with Gasteiger partial charge < -0.3 is 38.6 Å². The van der Waals surface area contributed by atoms with Crippen molar-refractivity contribution >= 4 is 17.7 Å². The fourth-order valence-electron chi connectivity index (χ4n) is 6.16. The maximum atomic E-state index is 13.8. The Balaban J connectivity index is 1.09. The molecule has 0 spiro atoms. The van der Waals surface area contributed by atoms with Crippen molar-refractivity contribution in [2.24, 2.45) is 0 Å². The van der Waals surface area contributed by atoms with Gasteiger partial charge >= 0.3 is 6.09 Å². The molecule has 4 aromatic rings. The number of fused-ring (bicyclic) bond motifs is 1. The molecular formula is C39H40F2N2O8. The molecule has 1 fully saturated rings. The second-order valence-electron chi connectivity index (χ2n) is 12.3. The number of nitrogens with zero attached hydrogens (tertiary/aromatic N) is 2. The summed E-state index contributed by atoms with van der Waals surface area (Å²) in [5, 5.41) is 9.51. The topological polar surface area (TPSA) is 107 Å². The number of piperidine rings is 1. The first-order chi connectivity index (χ1) is 24.9. The Bertz CT molecular complexity index is 1780. The van der Waals surface area contributed by atoms with Crippen LogP contribution in [0.2, 0.25) is 0 Å². The highest BCUT2D eigenvalue weighted by molar-refractivity contribution is 5.97. The van der Waals surface area contributed by atoms with E-state index in [0.717, 1.165) is 34.9 Å². The number of hydrogen-bond donors (Lipinski definition) is 1. The fraction of sp³-hybridized carbons (Fsp3) is 0.333. The van der Waals surface area contributed by atoms with Crippen LogP contribution in [-0.4, -0.2) is 74.2 Å². The van der Waals surface area contributed by atoms with Gasteiger partial charge in [0.05, 0.1) is 44.8 Å². The van der Waals surface area contributed by atoms with Crippen LogP contribution in [0.25, 0.3) is 0 Å². The molecule has 2 unspecified atom stereocenters. The molecule has 2 amide bonds. The molecule has 2 aliphatic heterocycles. The Hall–Kier alpha value is -5.20. The SMILES string of the molecule is O=C(OCc1ccccc1)N1CCC(c2ccc(OCCCOc3cc(F)ccc3F)cc2)C(OCc2ccc3c(c2)N(CCO)C(=O)CO3)C1. The largest absolute Gasteiger partial charge is 0.493 e. The number of rotatable bonds is 14. The Labute approximate surface area is 295 Å². The van der Waals surface area contributed by atoms with Gasteiger partial charge in [-0.3, -0.25) is 4.79 Å². The number of likely N-dealkylation sites (tertiary alicyclic amines) is 1. The van der Waals surface area contributed by atoms with Crippen molar-refractivity contribution in [3.05, 3.63) is 119 Å². The molecule has 12 heteroatoms. The van der Waals surface area contributed by atoms with Crippen molar-refractivity contribution in [3.63, 3.8) is 0 Å². The van der Waals surface area contributed by atoms with Crippen molar-refractivity contribution in [1.82, 2.24) is 4.90 Å². The standard InChI is InChI=1S/C39H40F2N2O8/c40-30-10-13-33(41)36(22-30)48-20-4-19-47-31-11-8-29(9-12-31)32-15-16-42(39(46)51-24-27-5-2-1-3-6-27)23-37(32)49-25-28-7-14-35-34(21-28)43(17-18-44)38(45)26-50-35/h1-3,5-14,21-22,32,37,44H,4,15-20,23-26H2. The van der Waals surface area contributed by atoms with Gasteiger partial charge in [0.25, 0.3) is 5.91 Å². The van der Waals surface area contributed by atoms with E-state index in [1.807, 2.05) is 66.7 Å². The number of carbonyl (C=O) groups is 2. The van der Waals surface area contributed by atoms with Gasteiger partial charge in [-0.1, -0.05) is 48.5 Å².